The molecule has 0 atom stereocenters. The molecule has 1 fully saturated rings. The van der Waals surface area contributed by atoms with Crippen LogP contribution < -0.4 is 4.90 Å². The van der Waals surface area contributed by atoms with Gasteiger partial charge in [-0.05, 0) is 34.9 Å². The molecule has 5 heteroatoms. The molecule has 112 valence electrons. The Bertz CT molecular complexity index is 653. The van der Waals surface area contributed by atoms with E-state index >= 15 is 0 Å². The summed E-state index contributed by atoms with van der Waals surface area (Å²) in [6.07, 6.45) is 6.04. The van der Waals surface area contributed by atoms with Crippen LogP contribution in [0.3, 0.4) is 0 Å². The molecule has 21 heavy (non-hydrogen) atoms. The highest BCUT2D eigenvalue weighted by Gasteiger charge is 2.28. The highest BCUT2D eigenvalue weighted by molar-refractivity contribution is 7.98. The Labute approximate surface area is 135 Å². The lowest BCUT2D eigenvalue weighted by atomic mass is 9.97. The van der Waals surface area contributed by atoms with Gasteiger partial charge in [0.15, 0.2) is 0 Å². The van der Waals surface area contributed by atoms with Crippen molar-refractivity contribution in [3.05, 3.63) is 29.2 Å². The van der Waals surface area contributed by atoms with Gasteiger partial charge in [0.25, 0.3) is 0 Å². The number of anilines is 1. The molecule has 1 aliphatic rings. The van der Waals surface area contributed by atoms with Crippen LogP contribution in [0.1, 0.15) is 25.3 Å². The van der Waals surface area contributed by atoms with E-state index in [0.717, 1.165) is 30.2 Å². The van der Waals surface area contributed by atoms with Crippen molar-refractivity contribution in [2.24, 2.45) is 5.92 Å². The van der Waals surface area contributed by atoms with Crippen LogP contribution in [0.4, 0.5) is 5.82 Å². The van der Waals surface area contributed by atoms with Crippen molar-refractivity contribution >= 4 is 40.0 Å². The standard InChI is InChI=1S/C16H20ClN3S/c1-10(2)13-5-19-16(20-7-11(8-20)9-21-3)14-6-18-15(17)4-12(13)14/h4-6,10-11H,7-9H2,1-3H3. The number of aromatic nitrogens is 2. The summed E-state index contributed by atoms with van der Waals surface area (Å²) in [6, 6.07) is 1.97. The molecule has 0 bridgehead atoms. The van der Waals surface area contributed by atoms with E-state index in [1.807, 2.05) is 30.2 Å². The van der Waals surface area contributed by atoms with Gasteiger partial charge < -0.3 is 4.90 Å². The smallest absolute Gasteiger partial charge is 0.138 e. The highest BCUT2D eigenvalue weighted by atomic mass is 35.5. The summed E-state index contributed by atoms with van der Waals surface area (Å²) < 4.78 is 0. The summed E-state index contributed by atoms with van der Waals surface area (Å²) in [5.41, 5.74) is 1.24. The number of nitrogens with zero attached hydrogens (tertiary/aromatic N) is 3. The van der Waals surface area contributed by atoms with Crippen LogP contribution in [0, 0.1) is 5.92 Å². The van der Waals surface area contributed by atoms with Gasteiger partial charge in [0.2, 0.25) is 0 Å². The SMILES string of the molecule is CSCC1CN(c2ncc(C(C)C)c3cc(Cl)ncc23)C1. The number of thioether (sulfide) groups is 1. The van der Waals surface area contributed by atoms with E-state index in [1.165, 1.54) is 16.7 Å². The summed E-state index contributed by atoms with van der Waals surface area (Å²) in [5, 5.41) is 2.85. The zero-order valence-corrected chi connectivity index (χ0v) is 14.2. The maximum absolute atomic E-state index is 6.09. The van der Waals surface area contributed by atoms with Crippen molar-refractivity contribution < 1.29 is 0 Å². The number of hydrogen-bond donors (Lipinski definition) is 0. The van der Waals surface area contributed by atoms with Crippen molar-refractivity contribution in [3.8, 4) is 0 Å². The van der Waals surface area contributed by atoms with Gasteiger partial charge in [0.1, 0.15) is 11.0 Å². The number of rotatable bonds is 4. The van der Waals surface area contributed by atoms with Crippen LogP contribution in [0.25, 0.3) is 10.8 Å². The lowest BCUT2D eigenvalue weighted by Crippen LogP contribution is -2.48. The zero-order chi connectivity index (χ0) is 15.0. The van der Waals surface area contributed by atoms with Gasteiger partial charge in [-0.25, -0.2) is 9.97 Å². The minimum Gasteiger partial charge on any atom is -0.355 e. The third kappa shape index (κ3) is 2.84. The molecular weight excluding hydrogens is 302 g/mol. The van der Waals surface area contributed by atoms with Crippen LogP contribution in [-0.4, -0.2) is 35.1 Å². The quantitative estimate of drug-likeness (QED) is 0.789. The molecule has 2 aromatic heterocycles. The molecule has 3 heterocycles. The van der Waals surface area contributed by atoms with Gasteiger partial charge in [-0.3, -0.25) is 0 Å². The fraction of sp³-hybridized carbons (Fsp3) is 0.500. The molecule has 0 aromatic carbocycles. The highest BCUT2D eigenvalue weighted by Crippen LogP contribution is 2.34. The summed E-state index contributed by atoms with van der Waals surface area (Å²) in [5.74, 6) is 3.48. The molecular formula is C16H20ClN3S. The molecule has 1 saturated heterocycles. The van der Waals surface area contributed by atoms with E-state index in [2.05, 4.69) is 30.0 Å². The van der Waals surface area contributed by atoms with Crippen molar-refractivity contribution in [2.75, 3.05) is 30.0 Å². The lowest BCUT2D eigenvalue weighted by molar-refractivity contribution is 0.452. The minimum absolute atomic E-state index is 0.424. The first-order chi connectivity index (χ1) is 10.1. The lowest BCUT2D eigenvalue weighted by Gasteiger charge is -2.40. The molecule has 1 aliphatic heterocycles. The fourth-order valence-corrected chi connectivity index (χ4v) is 3.75. The van der Waals surface area contributed by atoms with E-state index in [4.69, 9.17) is 16.6 Å². The Morgan fingerprint density at radius 1 is 1.29 bits per heavy atom. The molecule has 0 amide bonds. The Kier molecular flexibility index (Phi) is 4.27. The second-order valence-corrected chi connectivity index (χ2v) is 7.27. The molecule has 0 spiro atoms. The maximum atomic E-state index is 6.09. The monoisotopic (exact) mass is 321 g/mol. The molecule has 0 saturated carbocycles. The van der Waals surface area contributed by atoms with Crippen molar-refractivity contribution in [2.45, 2.75) is 19.8 Å². The van der Waals surface area contributed by atoms with E-state index in [-0.39, 0.29) is 0 Å². The summed E-state index contributed by atoms with van der Waals surface area (Å²) in [7, 11) is 0. The van der Waals surface area contributed by atoms with E-state index in [1.54, 1.807) is 0 Å². The van der Waals surface area contributed by atoms with Crippen molar-refractivity contribution in [1.29, 1.82) is 0 Å². The summed E-state index contributed by atoms with van der Waals surface area (Å²) in [4.78, 5) is 11.3. The number of fused-ring (bicyclic) bond motifs is 1. The van der Waals surface area contributed by atoms with Crippen LogP contribution in [0.15, 0.2) is 18.5 Å². The first-order valence-electron chi connectivity index (χ1n) is 7.28. The Morgan fingerprint density at radius 2 is 2.05 bits per heavy atom. The summed E-state index contributed by atoms with van der Waals surface area (Å²) >= 11 is 8.01. The molecule has 3 nitrogen and oxygen atoms in total. The molecule has 0 N–H and O–H groups in total. The Balaban J connectivity index is 1.99. The summed E-state index contributed by atoms with van der Waals surface area (Å²) in [6.45, 7) is 6.55. The van der Waals surface area contributed by atoms with Gasteiger partial charge in [0.05, 0.1) is 0 Å². The first kappa shape index (κ1) is 14.9. The molecule has 0 radical (unpaired) electrons. The third-order valence-electron chi connectivity index (χ3n) is 4.03. The Morgan fingerprint density at radius 3 is 2.71 bits per heavy atom. The van der Waals surface area contributed by atoms with Crippen molar-refractivity contribution in [1.82, 2.24) is 9.97 Å². The molecule has 0 aliphatic carbocycles. The largest absolute Gasteiger partial charge is 0.355 e. The molecule has 0 unspecified atom stereocenters. The van der Waals surface area contributed by atoms with Gasteiger partial charge in [-0.15, -0.1) is 0 Å². The number of halogens is 1. The van der Waals surface area contributed by atoms with Gasteiger partial charge in [-0.1, -0.05) is 25.4 Å². The average molecular weight is 322 g/mol. The third-order valence-corrected chi connectivity index (χ3v) is 5.04. The van der Waals surface area contributed by atoms with Crippen LogP contribution in [-0.2, 0) is 0 Å². The van der Waals surface area contributed by atoms with E-state index < -0.39 is 0 Å². The fourth-order valence-electron chi connectivity index (χ4n) is 2.91. The molecule has 3 rings (SSSR count). The molecule has 2 aromatic rings. The second-order valence-electron chi connectivity index (χ2n) is 5.97. The normalized spacial score (nSPS) is 15.8. The Hall–Kier alpha value is -1.00. The van der Waals surface area contributed by atoms with E-state index in [9.17, 15) is 0 Å². The average Bonchev–Trinajstić information content (AvgIpc) is 2.41. The predicted octanol–water partition coefficient (Wildman–Crippen LogP) is 4.21. The van der Waals surface area contributed by atoms with Gasteiger partial charge in [0, 0.05) is 36.8 Å². The minimum atomic E-state index is 0.424. The predicted molar refractivity (Wildman–Crippen MR) is 92.7 cm³/mol. The number of hydrogen-bond acceptors (Lipinski definition) is 4. The topological polar surface area (TPSA) is 29.0 Å². The second kappa shape index (κ2) is 6.01. The maximum Gasteiger partial charge on any atom is 0.138 e. The van der Waals surface area contributed by atoms with Gasteiger partial charge >= 0.3 is 0 Å². The van der Waals surface area contributed by atoms with E-state index in [0.29, 0.717) is 11.1 Å². The first-order valence-corrected chi connectivity index (χ1v) is 9.05. The zero-order valence-electron chi connectivity index (χ0n) is 12.6. The number of pyridine rings is 2. The van der Waals surface area contributed by atoms with Crippen LogP contribution in [0.2, 0.25) is 5.15 Å². The van der Waals surface area contributed by atoms with Crippen molar-refractivity contribution in [3.63, 3.8) is 0 Å². The van der Waals surface area contributed by atoms with Gasteiger partial charge in [-0.2, -0.15) is 11.8 Å². The van der Waals surface area contributed by atoms with Crippen LogP contribution >= 0.6 is 23.4 Å². The van der Waals surface area contributed by atoms with Crippen LogP contribution in [0.5, 0.6) is 0 Å².